The molecule has 6 nitrogen and oxygen atoms in total. The van der Waals surface area contributed by atoms with Crippen LogP contribution in [0.4, 0.5) is 0 Å². The van der Waals surface area contributed by atoms with Crippen molar-refractivity contribution in [1.29, 1.82) is 0 Å². The van der Waals surface area contributed by atoms with Gasteiger partial charge in [-0.1, -0.05) is 13.3 Å². The largest absolute Gasteiger partial charge is 0.360 e. The van der Waals surface area contributed by atoms with Crippen LogP contribution in [-0.2, 0) is 0 Å². The molecule has 0 heterocycles. The minimum absolute atomic E-state index is 0.246. The van der Waals surface area contributed by atoms with Crippen LogP contribution in [0.2, 0.25) is 0 Å². The van der Waals surface area contributed by atoms with E-state index in [1.807, 2.05) is 0 Å². The van der Waals surface area contributed by atoms with Crippen molar-refractivity contribution < 1.29 is 25.6 Å². The van der Waals surface area contributed by atoms with Gasteiger partial charge in [-0.2, -0.15) is 0 Å². The number of rotatable bonds is 5. The standard InChI is InChI=1S/C6H15NO5/c1-2-3-4-5(8,9)6(10,11)7-12/h7-12H,2-4H2,1H3. The lowest BCUT2D eigenvalue weighted by atomic mass is 10.1. The lowest BCUT2D eigenvalue weighted by molar-refractivity contribution is -0.396. The maximum Gasteiger partial charge on any atom is 0.301 e. The van der Waals surface area contributed by atoms with Crippen molar-refractivity contribution in [2.75, 3.05) is 0 Å². The number of nitrogens with one attached hydrogen (secondary N) is 1. The quantitative estimate of drug-likeness (QED) is 0.227. The summed E-state index contributed by atoms with van der Waals surface area (Å²) in [7, 11) is 0. The molecular formula is C6H15NO5. The normalized spacial score (nSPS) is 13.5. The van der Waals surface area contributed by atoms with Gasteiger partial charge in [-0.05, 0) is 6.42 Å². The molecule has 0 unspecified atom stereocenters. The number of unbranched alkanes of at least 4 members (excludes halogenated alkanes) is 1. The Hall–Kier alpha value is -0.240. The van der Waals surface area contributed by atoms with Crippen molar-refractivity contribution in [3.05, 3.63) is 0 Å². The zero-order valence-corrected chi connectivity index (χ0v) is 6.86. The highest BCUT2D eigenvalue weighted by Crippen LogP contribution is 2.20. The Balaban J connectivity index is 4.17. The highest BCUT2D eigenvalue weighted by molar-refractivity contribution is 4.76. The Bertz CT molecular complexity index is 136. The van der Waals surface area contributed by atoms with E-state index in [0.717, 1.165) is 5.48 Å². The molecule has 0 saturated carbocycles. The van der Waals surface area contributed by atoms with Gasteiger partial charge in [0.1, 0.15) is 0 Å². The van der Waals surface area contributed by atoms with Gasteiger partial charge >= 0.3 is 5.91 Å². The van der Waals surface area contributed by atoms with Crippen molar-refractivity contribution in [3.8, 4) is 0 Å². The molecule has 74 valence electrons. The molecule has 0 rings (SSSR count). The molecule has 0 radical (unpaired) electrons. The summed E-state index contributed by atoms with van der Waals surface area (Å²) in [5.41, 5.74) is 1.00. The van der Waals surface area contributed by atoms with Gasteiger partial charge in [0.05, 0.1) is 0 Å². The first kappa shape index (κ1) is 11.8. The number of aliphatic hydroxyl groups is 4. The molecule has 0 atom stereocenters. The molecular weight excluding hydrogens is 166 g/mol. The van der Waals surface area contributed by atoms with E-state index in [0.29, 0.717) is 12.8 Å². The Labute approximate surface area is 70.0 Å². The van der Waals surface area contributed by atoms with Crippen molar-refractivity contribution in [3.63, 3.8) is 0 Å². The SMILES string of the molecule is CCCCC(O)(O)C(O)(O)NO. The summed E-state index contributed by atoms with van der Waals surface area (Å²) in [5.74, 6) is -5.85. The Morgan fingerprint density at radius 1 is 1.17 bits per heavy atom. The topological polar surface area (TPSA) is 113 Å². The summed E-state index contributed by atoms with van der Waals surface area (Å²) in [6.07, 6.45) is 0.825. The third-order valence-corrected chi connectivity index (χ3v) is 1.59. The molecule has 0 aromatic carbocycles. The Kier molecular flexibility index (Phi) is 4.04. The third-order valence-electron chi connectivity index (χ3n) is 1.59. The maximum absolute atomic E-state index is 9.01. The van der Waals surface area contributed by atoms with Gasteiger partial charge in [0, 0.05) is 6.42 Å². The number of hydrogen-bond donors (Lipinski definition) is 6. The highest BCUT2D eigenvalue weighted by atomic mass is 16.7. The van der Waals surface area contributed by atoms with Crippen LogP contribution < -0.4 is 5.48 Å². The first-order valence-corrected chi connectivity index (χ1v) is 3.68. The summed E-state index contributed by atoms with van der Waals surface area (Å²) in [5, 5.41) is 43.7. The molecule has 0 amide bonds. The first-order valence-electron chi connectivity index (χ1n) is 3.68. The molecule has 0 aliphatic rings. The molecule has 0 fully saturated rings. The molecule has 0 saturated heterocycles. The fraction of sp³-hybridized carbons (Fsp3) is 1.00. The van der Waals surface area contributed by atoms with Gasteiger partial charge in [0.15, 0.2) is 0 Å². The summed E-state index contributed by atoms with van der Waals surface area (Å²) < 4.78 is 0. The van der Waals surface area contributed by atoms with E-state index in [4.69, 9.17) is 25.6 Å². The monoisotopic (exact) mass is 181 g/mol. The van der Waals surface area contributed by atoms with Gasteiger partial charge in [-0.3, -0.25) is 0 Å². The van der Waals surface area contributed by atoms with Crippen LogP contribution >= 0.6 is 0 Å². The van der Waals surface area contributed by atoms with Gasteiger partial charge in [-0.25, -0.2) is 0 Å². The van der Waals surface area contributed by atoms with E-state index < -0.39 is 11.7 Å². The summed E-state index contributed by atoms with van der Waals surface area (Å²) in [4.78, 5) is 0. The van der Waals surface area contributed by atoms with E-state index in [1.54, 1.807) is 6.92 Å². The van der Waals surface area contributed by atoms with E-state index in [1.165, 1.54) is 0 Å². The van der Waals surface area contributed by atoms with Crippen molar-refractivity contribution in [2.24, 2.45) is 0 Å². The van der Waals surface area contributed by atoms with Crippen LogP contribution in [-0.4, -0.2) is 37.3 Å². The lowest BCUT2D eigenvalue weighted by Gasteiger charge is -2.33. The third kappa shape index (κ3) is 2.67. The molecule has 0 aliphatic heterocycles. The lowest BCUT2D eigenvalue weighted by Crippen LogP contribution is -2.62. The van der Waals surface area contributed by atoms with Crippen LogP contribution in [0.5, 0.6) is 0 Å². The smallest absolute Gasteiger partial charge is 0.301 e. The minimum Gasteiger partial charge on any atom is -0.360 e. The molecule has 0 spiro atoms. The second-order valence-electron chi connectivity index (χ2n) is 2.70. The van der Waals surface area contributed by atoms with E-state index >= 15 is 0 Å². The first-order chi connectivity index (χ1) is 5.37. The van der Waals surface area contributed by atoms with E-state index in [2.05, 4.69) is 0 Å². The average Bonchev–Trinajstić information content (AvgIpc) is 2.00. The second-order valence-corrected chi connectivity index (χ2v) is 2.70. The van der Waals surface area contributed by atoms with Crippen molar-refractivity contribution in [1.82, 2.24) is 5.48 Å². The van der Waals surface area contributed by atoms with Crippen LogP contribution in [0.1, 0.15) is 26.2 Å². The molecule has 6 N–H and O–H groups in total. The second kappa shape index (κ2) is 4.13. The van der Waals surface area contributed by atoms with Gasteiger partial charge in [0.2, 0.25) is 5.79 Å². The van der Waals surface area contributed by atoms with Crippen LogP contribution in [0.25, 0.3) is 0 Å². The predicted molar refractivity (Wildman–Crippen MR) is 38.8 cm³/mol. The molecule has 12 heavy (non-hydrogen) atoms. The predicted octanol–water partition coefficient (Wildman–Crippen LogP) is -1.53. The highest BCUT2D eigenvalue weighted by Gasteiger charge is 2.46. The summed E-state index contributed by atoms with van der Waals surface area (Å²) >= 11 is 0. The van der Waals surface area contributed by atoms with Crippen molar-refractivity contribution in [2.45, 2.75) is 37.9 Å². The van der Waals surface area contributed by atoms with Crippen LogP contribution in [0.3, 0.4) is 0 Å². The fourth-order valence-corrected chi connectivity index (χ4v) is 0.687. The van der Waals surface area contributed by atoms with E-state index in [-0.39, 0.29) is 6.42 Å². The molecule has 0 aliphatic carbocycles. The Morgan fingerprint density at radius 3 is 2.00 bits per heavy atom. The van der Waals surface area contributed by atoms with Crippen LogP contribution in [0.15, 0.2) is 0 Å². The van der Waals surface area contributed by atoms with Crippen molar-refractivity contribution >= 4 is 0 Å². The summed E-state index contributed by atoms with van der Waals surface area (Å²) in [6.45, 7) is 1.80. The zero-order valence-electron chi connectivity index (χ0n) is 6.86. The minimum atomic E-state index is -3.10. The van der Waals surface area contributed by atoms with E-state index in [9.17, 15) is 0 Å². The molecule has 0 aromatic heterocycles. The number of hydrogen-bond acceptors (Lipinski definition) is 6. The fourth-order valence-electron chi connectivity index (χ4n) is 0.687. The zero-order chi connectivity index (χ0) is 9.83. The number of hydroxylamine groups is 1. The molecule has 0 bridgehead atoms. The van der Waals surface area contributed by atoms with Crippen LogP contribution in [0, 0.1) is 0 Å². The van der Waals surface area contributed by atoms with Gasteiger partial charge in [0.25, 0.3) is 0 Å². The Morgan fingerprint density at radius 2 is 1.67 bits per heavy atom. The average molecular weight is 181 g/mol. The van der Waals surface area contributed by atoms with Gasteiger partial charge in [-0.15, -0.1) is 5.48 Å². The molecule has 0 aromatic rings. The molecule has 6 heteroatoms. The maximum atomic E-state index is 9.01. The summed E-state index contributed by atoms with van der Waals surface area (Å²) in [6, 6.07) is 0. The van der Waals surface area contributed by atoms with Gasteiger partial charge < -0.3 is 25.6 Å².